The number of benzene rings is 2. The molecule has 1 aliphatic rings. The Labute approximate surface area is 147 Å². The van der Waals surface area contributed by atoms with Crippen LogP contribution in [-0.4, -0.2) is 36.2 Å². The maximum Gasteiger partial charge on any atom is 0.261 e. The van der Waals surface area contributed by atoms with Gasteiger partial charge in [0.15, 0.2) is 0 Å². The normalized spacial score (nSPS) is 12.3. The van der Waals surface area contributed by atoms with Crippen molar-refractivity contribution in [1.29, 1.82) is 0 Å². The Kier molecular flexibility index (Phi) is 6.46. The fourth-order valence-electron chi connectivity index (χ4n) is 2.53. The van der Waals surface area contributed by atoms with Crippen molar-refractivity contribution >= 4 is 18.1 Å². The molecule has 0 aromatic heterocycles. The van der Waals surface area contributed by atoms with Gasteiger partial charge in [-0.15, -0.1) is 0 Å². The van der Waals surface area contributed by atoms with E-state index in [-0.39, 0.29) is 11.8 Å². The van der Waals surface area contributed by atoms with Crippen LogP contribution in [0.2, 0.25) is 0 Å². The zero-order chi connectivity index (χ0) is 18.2. The minimum absolute atomic E-state index is 0.256. The third-order valence-electron chi connectivity index (χ3n) is 3.67. The van der Waals surface area contributed by atoms with Crippen LogP contribution in [-0.2, 0) is 0 Å². The first-order valence-corrected chi connectivity index (χ1v) is 8.34. The molecule has 0 spiro atoms. The van der Waals surface area contributed by atoms with Crippen molar-refractivity contribution in [2.75, 3.05) is 13.2 Å². The molecule has 0 atom stereocenters. The minimum Gasteiger partial charge on any atom is -0.494 e. The van der Waals surface area contributed by atoms with Crippen LogP contribution >= 0.6 is 0 Å². The van der Waals surface area contributed by atoms with Gasteiger partial charge in [0.1, 0.15) is 12.0 Å². The Morgan fingerprint density at radius 3 is 2.20 bits per heavy atom. The first-order chi connectivity index (χ1) is 12.2. The van der Waals surface area contributed by atoms with E-state index in [0.717, 1.165) is 6.29 Å². The highest BCUT2D eigenvalue weighted by atomic mass is 16.5. The Hall–Kier alpha value is -2.95. The third-order valence-corrected chi connectivity index (χ3v) is 3.67. The predicted octanol–water partition coefficient (Wildman–Crippen LogP) is 3.59. The average molecular weight is 339 g/mol. The third kappa shape index (κ3) is 4.12. The van der Waals surface area contributed by atoms with Crippen LogP contribution in [0.4, 0.5) is 0 Å². The monoisotopic (exact) mass is 339 g/mol. The van der Waals surface area contributed by atoms with Gasteiger partial charge in [-0.2, -0.15) is 0 Å². The fourth-order valence-corrected chi connectivity index (χ4v) is 2.53. The lowest BCUT2D eigenvalue weighted by atomic mass is 10.1. The van der Waals surface area contributed by atoms with Crippen molar-refractivity contribution in [2.45, 2.75) is 20.3 Å². The maximum absolute atomic E-state index is 12.2. The number of hydrogen-bond acceptors (Lipinski definition) is 4. The van der Waals surface area contributed by atoms with Gasteiger partial charge in [0.05, 0.1) is 17.7 Å². The minimum atomic E-state index is -0.256. The van der Waals surface area contributed by atoms with E-state index < -0.39 is 0 Å². The summed E-state index contributed by atoms with van der Waals surface area (Å²) in [5.74, 6) is 0.0825. The summed E-state index contributed by atoms with van der Waals surface area (Å²) in [6.07, 6.45) is 1.28. The number of fused-ring (bicyclic) bond motifs is 1. The highest BCUT2D eigenvalue weighted by Crippen LogP contribution is 2.22. The molecule has 0 bridgehead atoms. The van der Waals surface area contributed by atoms with Gasteiger partial charge in [0, 0.05) is 12.1 Å². The molecule has 2 aromatic rings. The number of rotatable bonds is 6. The molecular weight excluding hydrogens is 318 g/mol. The molecule has 25 heavy (non-hydrogen) atoms. The van der Waals surface area contributed by atoms with Crippen LogP contribution in [0.25, 0.3) is 0 Å². The van der Waals surface area contributed by atoms with Gasteiger partial charge in [0.2, 0.25) is 0 Å². The molecule has 5 heteroatoms. The number of carbonyl (C=O) groups excluding carboxylic acids is 3. The molecule has 2 aromatic carbocycles. The number of hydrogen-bond donors (Lipinski definition) is 0. The van der Waals surface area contributed by atoms with E-state index in [1.165, 1.54) is 4.90 Å². The Bertz CT molecular complexity index is 735. The van der Waals surface area contributed by atoms with Gasteiger partial charge < -0.3 is 4.74 Å². The van der Waals surface area contributed by atoms with E-state index in [4.69, 9.17) is 4.74 Å². The van der Waals surface area contributed by atoms with Crippen molar-refractivity contribution in [1.82, 2.24) is 4.90 Å². The number of aldehydes is 1. The molecule has 5 nitrogen and oxygen atoms in total. The van der Waals surface area contributed by atoms with E-state index in [2.05, 4.69) is 0 Å². The van der Waals surface area contributed by atoms with E-state index in [9.17, 15) is 14.4 Å². The second-order valence-electron chi connectivity index (χ2n) is 5.20. The fraction of sp³-hybridized carbons (Fsp3) is 0.250. The van der Waals surface area contributed by atoms with Crippen LogP contribution in [0.15, 0.2) is 48.5 Å². The molecular formula is C20H21NO4. The molecule has 1 heterocycles. The summed E-state index contributed by atoms with van der Waals surface area (Å²) >= 11 is 0. The summed E-state index contributed by atoms with van der Waals surface area (Å²) in [4.78, 5) is 36.3. The molecule has 0 fully saturated rings. The number of amides is 2. The van der Waals surface area contributed by atoms with Crippen molar-refractivity contribution in [3.63, 3.8) is 0 Å². The zero-order valence-electron chi connectivity index (χ0n) is 14.4. The van der Waals surface area contributed by atoms with E-state index in [0.29, 0.717) is 42.0 Å². The molecule has 1 aliphatic heterocycles. The smallest absolute Gasteiger partial charge is 0.261 e. The molecule has 0 saturated heterocycles. The SMILES string of the molecule is CC.O=Cc1cccc(OCCCN2C(=O)c3ccccc3C2=O)c1. The summed E-state index contributed by atoms with van der Waals surface area (Å²) in [5.41, 5.74) is 1.46. The van der Waals surface area contributed by atoms with Crippen LogP contribution in [0, 0.1) is 0 Å². The second-order valence-corrected chi connectivity index (χ2v) is 5.20. The van der Waals surface area contributed by atoms with E-state index >= 15 is 0 Å². The van der Waals surface area contributed by atoms with Gasteiger partial charge in [0.25, 0.3) is 11.8 Å². The zero-order valence-corrected chi connectivity index (χ0v) is 14.4. The van der Waals surface area contributed by atoms with Crippen LogP contribution < -0.4 is 4.74 Å². The molecule has 0 radical (unpaired) electrons. The van der Waals surface area contributed by atoms with Crippen molar-refractivity contribution in [2.24, 2.45) is 0 Å². The largest absolute Gasteiger partial charge is 0.494 e. The summed E-state index contributed by atoms with van der Waals surface area (Å²) in [5, 5.41) is 0. The molecule has 130 valence electrons. The first kappa shape index (κ1) is 18.4. The Balaban J connectivity index is 0.00000109. The van der Waals surface area contributed by atoms with Crippen molar-refractivity contribution < 1.29 is 19.1 Å². The topological polar surface area (TPSA) is 63.7 Å². The molecule has 0 N–H and O–H groups in total. The first-order valence-electron chi connectivity index (χ1n) is 8.34. The molecule has 2 amide bonds. The lowest BCUT2D eigenvalue weighted by Gasteiger charge is -2.14. The summed E-state index contributed by atoms with van der Waals surface area (Å²) < 4.78 is 5.55. The summed E-state index contributed by atoms with van der Waals surface area (Å²) in [6, 6.07) is 13.7. The summed E-state index contributed by atoms with van der Waals surface area (Å²) in [7, 11) is 0. The van der Waals surface area contributed by atoms with Gasteiger partial charge >= 0.3 is 0 Å². The Morgan fingerprint density at radius 1 is 0.960 bits per heavy atom. The van der Waals surface area contributed by atoms with Crippen LogP contribution in [0.5, 0.6) is 5.75 Å². The van der Waals surface area contributed by atoms with Gasteiger partial charge in [-0.1, -0.05) is 38.1 Å². The maximum atomic E-state index is 12.2. The van der Waals surface area contributed by atoms with Gasteiger partial charge in [-0.3, -0.25) is 19.3 Å². The van der Waals surface area contributed by atoms with Gasteiger partial charge in [-0.05, 0) is 30.7 Å². The average Bonchev–Trinajstić information content (AvgIpc) is 2.92. The van der Waals surface area contributed by atoms with Crippen molar-refractivity contribution in [3.05, 3.63) is 65.2 Å². The Morgan fingerprint density at radius 2 is 1.60 bits per heavy atom. The number of imide groups is 1. The summed E-state index contributed by atoms with van der Waals surface area (Å²) in [6.45, 7) is 4.66. The van der Waals surface area contributed by atoms with Crippen LogP contribution in [0.1, 0.15) is 51.3 Å². The van der Waals surface area contributed by atoms with E-state index in [1.807, 2.05) is 13.8 Å². The number of ether oxygens (including phenoxy) is 1. The van der Waals surface area contributed by atoms with E-state index in [1.54, 1.807) is 48.5 Å². The number of carbonyl (C=O) groups is 3. The lowest BCUT2D eigenvalue weighted by molar-refractivity contribution is 0.0646. The van der Waals surface area contributed by atoms with Gasteiger partial charge in [-0.25, -0.2) is 0 Å². The lowest BCUT2D eigenvalue weighted by Crippen LogP contribution is -2.31. The number of nitrogens with zero attached hydrogens (tertiary/aromatic N) is 1. The van der Waals surface area contributed by atoms with Crippen molar-refractivity contribution in [3.8, 4) is 5.75 Å². The predicted molar refractivity (Wildman–Crippen MR) is 95.1 cm³/mol. The highest BCUT2D eigenvalue weighted by Gasteiger charge is 2.34. The molecule has 3 rings (SSSR count). The highest BCUT2D eigenvalue weighted by molar-refractivity contribution is 6.21. The molecule has 0 aliphatic carbocycles. The quantitative estimate of drug-likeness (QED) is 0.458. The molecule has 0 unspecified atom stereocenters. The second kappa shape index (κ2) is 8.78. The van der Waals surface area contributed by atoms with Crippen LogP contribution in [0.3, 0.4) is 0 Å². The molecule has 0 saturated carbocycles. The standard InChI is InChI=1S/C18H15NO4.C2H6/c20-12-13-5-3-6-14(11-13)23-10-4-9-19-17(21)15-7-1-2-8-16(15)18(19)22;1-2/h1-3,5-8,11-12H,4,9-10H2;1-2H3.